The highest BCUT2D eigenvalue weighted by molar-refractivity contribution is 5.86. The Bertz CT molecular complexity index is 655. The van der Waals surface area contributed by atoms with Gasteiger partial charge in [-0.25, -0.2) is 4.79 Å². The van der Waals surface area contributed by atoms with E-state index in [0.29, 0.717) is 25.8 Å². The summed E-state index contributed by atoms with van der Waals surface area (Å²) in [4.78, 5) is 47.6. The number of unbranched alkanes of at least 4 members (excludes halogenated alkanes) is 15. The van der Waals surface area contributed by atoms with Gasteiger partial charge in [0.2, 0.25) is 11.8 Å². The van der Waals surface area contributed by atoms with Crippen LogP contribution >= 0.6 is 0 Å². The molecule has 2 unspecified atom stereocenters. The molecule has 0 rings (SSSR count). The van der Waals surface area contributed by atoms with Gasteiger partial charge in [-0.3, -0.25) is 14.4 Å². The van der Waals surface area contributed by atoms with Crippen molar-refractivity contribution in [1.29, 1.82) is 0 Å². The third-order valence-corrected chi connectivity index (χ3v) is 7.32. The predicted molar refractivity (Wildman–Crippen MR) is 157 cm³/mol. The Balaban J connectivity index is 4.01. The molecule has 39 heavy (non-hydrogen) atoms. The summed E-state index contributed by atoms with van der Waals surface area (Å²) >= 11 is 0. The summed E-state index contributed by atoms with van der Waals surface area (Å²) in [5.74, 6) is -3.56. The van der Waals surface area contributed by atoms with Gasteiger partial charge in [0.1, 0.15) is 6.04 Å². The number of hydrogen-bond donors (Lipinski definition) is 4. The monoisotopic (exact) mass is 554 g/mol. The molecule has 0 saturated carbocycles. The molecule has 2 amide bonds. The van der Waals surface area contributed by atoms with Crippen LogP contribution in [0.1, 0.15) is 155 Å². The zero-order chi connectivity index (χ0) is 29.1. The summed E-state index contributed by atoms with van der Waals surface area (Å²) < 4.78 is 0. The molecule has 0 aliphatic carbocycles. The molecule has 0 aliphatic rings. The average molecular weight is 555 g/mol. The zero-order valence-corrected chi connectivity index (χ0v) is 24.9. The van der Waals surface area contributed by atoms with E-state index in [1.54, 1.807) is 0 Å². The minimum Gasteiger partial charge on any atom is -0.481 e. The van der Waals surface area contributed by atoms with Gasteiger partial charge in [0.15, 0.2) is 0 Å². The highest BCUT2D eigenvalue weighted by Gasteiger charge is 2.25. The molecular formula is C31H58N2O6. The Morgan fingerprint density at radius 3 is 1.54 bits per heavy atom. The maximum atomic E-state index is 12.4. The molecule has 8 heteroatoms. The number of carboxylic acids is 2. The van der Waals surface area contributed by atoms with Gasteiger partial charge in [-0.15, -0.1) is 0 Å². The average Bonchev–Trinajstić information content (AvgIpc) is 2.90. The van der Waals surface area contributed by atoms with Crippen molar-refractivity contribution in [3.63, 3.8) is 0 Å². The lowest BCUT2D eigenvalue weighted by Gasteiger charge is -2.17. The lowest BCUT2D eigenvalue weighted by molar-refractivity contribution is -0.145. The van der Waals surface area contributed by atoms with E-state index in [1.807, 2.05) is 0 Å². The van der Waals surface area contributed by atoms with E-state index in [1.165, 1.54) is 57.8 Å². The molecule has 228 valence electrons. The number of amides is 2. The van der Waals surface area contributed by atoms with E-state index in [4.69, 9.17) is 0 Å². The molecule has 0 aliphatic heterocycles. The Kier molecular flexibility index (Phi) is 24.7. The van der Waals surface area contributed by atoms with Crippen molar-refractivity contribution in [2.45, 2.75) is 161 Å². The Hall–Kier alpha value is -2.12. The van der Waals surface area contributed by atoms with Crippen LogP contribution in [0.4, 0.5) is 0 Å². The molecule has 0 bridgehead atoms. The van der Waals surface area contributed by atoms with Crippen molar-refractivity contribution in [2.75, 3.05) is 6.54 Å². The van der Waals surface area contributed by atoms with Crippen molar-refractivity contribution in [3.8, 4) is 0 Å². The van der Waals surface area contributed by atoms with E-state index in [9.17, 15) is 29.4 Å². The van der Waals surface area contributed by atoms with Crippen molar-refractivity contribution < 1.29 is 29.4 Å². The summed E-state index contributed by atoms with van der Waals surface area (Å²) in [5.41, 5.74) is 0. The van der Waals surface area contributed by atoms with Gasteiger partial charge in [-0.05, 0) is 25.7 Å². The smallest absolute Gasteiger partial charge is 0.326 e. The first-order valence-corrected chi connectivity index (χ1v) is 15.8. The molecule has 0 fully saturated rings. The standard InChI is InChI=1S/C31H58N2O6/c1-3-5-7-9-11-12-13-14-15-17-19-23-28(34)32-24-20-22-27(31(38)39)33-29(35)25-26(30(36)37)21-18-16-10-8-6-4-2/h26-27H,3-25H2,1-2H3,(H,32,34)(H,33,35)(H,36,37)(H,38,39). The van der Waals surface area contributed by atoms with Gasteiger partial charge < -0.3 is 20.8 Å². The van der Waals surface area contributed by atoms with Crippen LogP contribution in [0.2, 0.25) is 0 Å². The number of rotatable bonds is 28. The molecule has 4 N–H and O–H groups in total. The van der Waals surface area contributed by atoms with Crippen LogP contribution in [-0.4, -0.2) is 46.6 Å². The Morgan fingerprint density at radius 2 is 1.05 bits per heavy atom. The number of carbonyl (C=O) groups is 4. The maximum absolute atomic E-state index is 12.4. The van der Waals surface area contributed by atoms with Crippen molar-refractivity contribution >= 4 is 23.8 Å². The van der Waals surface area contributed by atoms with Gasteiger partial charge in [0.25, 0.3) is 0 Å². The first-order chi connectivity index (χ1) is 18.8. The van der Waals surface area contributed by atoms with Crippen LogP contribution in [0.5, 0.6) is 0 Å². The molecule has 0 saturated heterocycles. The summed E-state index contributed by atoms with van der Waals surface area (Å²) in [6.45, 7) is 4.73. The maximum Gasteiger partial charge on any atom is 0.326 e. The van der Waals surface area contributed by atoms with Crippen LogP contribution in [0.3, 0.4) is 0 Å². The number of nitrogens with one attached hydrogen (secondary N) is 2. The second kappa shape index (κ2) is 26.1. The lowest BCUT2D eigenvalue weighted by atomic mass is 9.96. The molecule has 0 heterocycles. The van der Waals surface area contributed by atoms with Crippen molar-refractivity contribution in [2.24, 2.45) is 5.92 Å². The van der Waals surface area contributed by atoms with E-state index >= 15 is 0 Å². The van der Waals surface area contributed by atoms with Crippen molar-refractivity contribution in [3.05, 3.63) is 0 Å². The van der Waals surface area contributed by atoms with Crippen LogP contribution in [0.25, 0.3) is 0 Å². The first-order valence-electron chi connectivity index (χ1n) is 15.8. The van der Waals surface area contributed by atoms with Gasteiger partial charge in [-0.1, -0.05) is 117 Å². The minimum atomic E-state index is -1.15. The molecule has 0 aromatic rings. The minimum absolute atomic E-state index is 0.0270. The van der Waals surface area contributed by atoms with Gasteiger partial charge in [0.05, 0.1) is 5.92 Å². The normalized spacial score (nSPS) is 12.6. The van der Waals surface area contributed by atoms with E-state index in [-0.39, 0.29) is 18.7 Å². The highest BCUT2D eigenvalue weighted by Crippen LogP contribution is 2.16. The molecule has 0 aromatic heterocycles. The fraction of sp³-hybridized carbons (Fsp3) is 0.871. The summed E-state index contributed by atoms with van der Waals surface area (Å²) in [6.07, 6.45) is 21.0. The second-order valence-electron chi connectivity index (χ2n) is 11.0. The van der Waals surface area contributed by atoms with Crippen LogP contribution in [-0.2, 0) is 19.2 Å². The summed E-state index contributed by atoms with van der Waals surface area (Å²) in [7, 11) is 0. The molecule has 0 spiro atoms. The Labute approximate surface area is 237 Å². The van der Waals surface area contributed by atoms with Gasteiger partial charge in [0, 0.05) is 19.4 Å². The fourth-order valence-corrected chi connectivity index (χ4v) is 4.79. The van der Waals surface area contributed by atoms with Crippen molar-refractivity contribution in [1.82, 2.24) is 10.6 Å². The zero-order valence-electron chi connectivity index (χ0n) is 24.9. The largest absolute Gasteiger partial charge is 0.481 e. The number of carbonyl (C=O) groups excluding carboxylic acids is 2. The molecule has 0 radical (unpaired) electrons. The molecule has 0 aromatic carbocycles. The molecule has 2 atom stereocenters. The van der Waals surface area contributed by atoms with E-state index < -0.39 is 29.8 Å². The third-order valence-electron chi connectivity index (χ3n) is 7.32. The van der Waals surface area contributed by atoms with E-state index in [2.05, 4.69) is 24.5 Å². The van der Waals surface area contributed by atoms with Gasteiger partial charge in [-0.2, -0.15) is 0 Å². The Morgan fingerprint density at radius 1 is 0.564 bits per heavy atom. The fourth-order valence-electron chi connectivity index (χ4n) is 4.79. The molecule has 8 nitrogen and oxygen atoms in total. The summed E-state index contributed by atoms with van der Waals surface area (Å²) in [5, 5.41) is 24.2. The van der Waals surface area contributed by atoms with E-state index in [0.717, 1.165) is 51.4 Å². The third kappa shape index (κ3) is 23.5. The van der Waals surface area contributed by atoms with Crippen LogP contribution in [0.15, 0.2) is 0 Å². The summed E-state index contributed by atoms with van der Waals surface area (Å²) in [6, 6.07) is -1.09. The molecular weight excluding hydrogens is 496 g/mol. The highest BCUT2D eigenvalue weighted by atomic mass is 16.4. The number of carboxylic acid groups (broad SMARTS) is 2. The lowest BCUT2D eigenvalue weighted by Crippen LogP contribution is -2.42. The van der Waals surface area contributed by atoms with Gasteiger partial charge >= 0.3 is 11.9 Å². The topological polar surface area (TPSA) is 133 Å². The first kappa shape index (κ1) is 36.9. The SMILES string of the molecule is CCCCCCCCCCCCCC(=O)NCCCC(NC(=O)CC(CCCCCCCC)C(=O)O)C(=O)O. The number of hydrogen-bond acceptors (Lipinski definition) is 4. The number of aliphatic carboxylic acids is 2. The predicted octanol–water partition coefficient (Wildman–Crippen LogP) is 6.99. The van der Waals surface area contributed by atoms with Crippen LogP contribution in [0, 0.1) is 5.92 Å². The van der Waals surface area contributed by atoms with Crippen LogP contribution < -0.4 is 10.6 Å². The second-order valence-corrected chi connectivity index (χ2v) is 11.0. The quantitative estimate of drug-likeness (QED) is 0.0770.